The molecule has 0 unspecified atom stereocenters. The minimum Gasteiger partial charge on any atom is -0.279 e. The molecule has 0 heterocycles. The summed E-state index contributed by atoms with van der Waals surface area (Å²) in [6.07, 6.45) is 2.01. The smallest absolute Gasteiger partial charge is 0.236 e. The molecule has 0 radical (unpaired) electrons. The molecule has 158 valence electrons. The van der Waals surface area contributed by atoms with Crippen LogP contribution in [0.3, 0.4) is 0 Å². The Morgan fingerprint density at radius 1 is 0.750 bits per heavy atom. The van der Waals surface area contributed by atoms with Gasteiger partial charge in [0, 0.05) is 22.3 Å². The van der Waals surface area contributed by atoms with Crippen molar-refractivity contribution in [2.75, 3.05) is 0 Å². The van der Waals surface area contributed by atoms with E-state index in [4.69, 9.17) is 0 Å². The molecule has 0 saturated heterocycles. The van der Waals surface area contributed by atoms with E-state index in [1.807, 2.05) is 31.2 Å². The van der Waals surface area contributed by atoms with Gasteiger partial charge in [-0.25, -0.2) is 4.39 Å². The van der Waals surface area contributed by atoms with Crippen molar-refractivity contribution in [3.8, 4) is 23.7 Å². The molecular formula is C29H22F2O. The number of benzene rings is 3. The zero-order valence-electron chi connectivity index (χ0n) is 18.0. The van der Waals surface area contributed by atoms with E-state index in [0.29, 0.717) is 16.7 Å². The van der Waals surface area contributed by atoms with E-state index < -0.39 is 11.7 Å². The second kappa shape index (κ2) is 10.9. The van der Waals surface area contributed by atoms with Crippen LogP contribution in [0.15, 0.2) is 78.6 Å². The van der Waals surface area contributed by atoms with Gasteiger partial charge in [-0.3, -0.25) is 4.79 Å². The molecule has 0 spiro atoms. The van der Waals surface area contributed by atoms with E-state index >= 15 is 0 Å². The molecule has 32 heavy (non-hydrogen) atoms. The van der Waals surface area contributed by atoms with Crippen LogP contribution in [0.25, 0.3) is 5.83 Å². The van der Waals surface area contributed by atoms with Crippen molar-refractivity contribution < 1.29 is 13.6 Å². The van der Waals surface area contributed by atoms with Crippen molar-refractivity contribution in [2.45, 2.75) is 26.7 Å². The fraction of sp³-hybridized carbons (Fsp3) is 0.138. The van der Waals surface area contributed by atoms with E-state index in [1.54, 1.807) is 24.3 Å². The highest BCUT2D eigenvalue weighted by atomic mass is 19.2. The summed E-state index contributed by atoms with van der Waals surface area (Å²) in [5, 5.41) is 0. The van der Waals surface area contributed by atoms with Crippen LogP contribution in [0.4, 0.5) is 8.78 Å². The standard InChI is InChI=1S/C29H22F2O/c1-3-4-22-7-9-23(10-8-22)13-19-27(30)29(31)26-17-11-24(12-18-26)14-20-28(32)25-15-5-21(2)6-16-25/h5-12,15-18H,3-4H2,1-2H3. The molecule has 0 aliphatic carbocycles. The van der Waals surface area contributed by atoms with E-state index in [2.05, 4.69) is 30.6 Å². The third-order valence-electron chi connectivity index (χ3n) is 4.77. The van der Waals surface area contributed by atoms with Crippen molar-refractivity contribution in [2.24, 2.45) is 0 Å². The van der Waals surface area contributed by atoms with Crippen molar-refractivity contribution in [3.63, 3.8) is 0 Å². The number of carbonyl (C=O) groups is 1. The summed E-state index contributed by atoms with van der Waals surface area (Å²) in [5.74, 6) is 7.74. The van der Waals surface area contributed by atoms with E-state index in [-0.39, 0.29) is 11.3 Å². The Morgan fingerprint density at radius 3 is 1.88 bits per heavy atom. The molecule has 3 aromatic carbocycles. The van der Waals surface area contributed by atoms with Gasteiger partial charge in [-0.05, 0) is 55.0 Å². The van der Waals surface area contributed by atoms with E-state index in [1.165, 1.54) is 29.8 Å². The molecule has 0 saturated carbocycles. The highest BCUT2D eigenvalue weighted by molar-refractivity contribution is 6.09. The molecule has 3 rings (SSSR count). The van der Waals surface area contributed by atoms with Gasteiger partial charge in [-0.15, -0.1) is 0 Å². The van der Waals surface area contributed by atoms with Crippen LogP contribution in [-0.4, -0.2) is 5.78 Å². The zero-order valence-corrected chi connectivity index (χ0v) is 18.0. The Balaban J connectivity index is 1.70. The number of hydrogen-bond donors (Lipinski definition) is 0. The highest BCUT2D eigenvalue weighted by Gasteiger charge is 2.07. The van der Waals surface area contributed by atoms with Crippen molar-refractivity contribution in [3.05, 3.63) is 112 Å². The number of ketones is 1. The van der Waals surface area contributed by atoms with E-state index in [9.17, 15) is 13.6 Å². The van der Waals surface area contributed by atoms with Gasteiger partial charge >= 0.3 is 0 Å². The van der Waals surface area contributed by atoms with Crippen molar-refractivity contribution in [1.82, 2.24) is 0 Å². The summed E-state index contributed by atoms with van der Waals surface area (Å²) in [5.41, 5.74) is 3.96. The largest absolute Gasteiger partial charge is 0.279 e. The molecule has 0 atom stereocenters. The van der Waals surface area contributed by atoms with Crippen molar-refractivity contribution >= 4 is 11.6 Å². The molecule has 0 aliphatic rings. The summed E-state index contributed by atoms with van der Waals surface area (Å²) >= 11 is 0. The van der Waals surface area contributed by atoms with Gasteiger partial charge in [0.05, 0.1) is 0 Å². The first-order chi connectivity index (χ1) is 15.5. The lowest BCUT2D eigenvalue weighted by Crippen LogP contribution is -1.94. The summed E-state index contributed by atoms with van der Waals surface area (Å²) < 4.78 is 28.6. The average molecular weight is 424 g/mol. The lowest BCUT2D eigenvalue weighted by molar-refractivity contribution is 0.105. The molecule has 0 N–H and O–H groups in total. The molecule has 0 bridgehead atoms. The quantitative estimate of drug-likeness (QED) is 0.331. The van der Waals surface area contributed by atoms with Gasteiger partial charge in [-0.2, -0.15) is 4.39 Å². The second-order valence-corrected chi connectivity index (χ2v) is 7.35. The predicted octanol–water partition coefficient (Wildman–Crippen LogP) is 6.84. The van der Waals surface area contributed by atoms with Gasteiger partial charge in [0.1, 0.15) is 0 Å². The fourth-order valence-corrected chi connectivity index (χ4v) is 2.96. The topological polar surface area (TPSA) is 17.1 Å². The Kier molecular flexibility index (Phi) is 7.74. The Hall–Kier alpha value is -3.95. The molecular weight excluding hydrogens is 402 g/mol. The maximum absolute atomic E-state index is 14.4. The van der Waals surface area contributed by atoms with Gasteiger partial charge in [0.15, 0.2) is 5.83 Å². The number of allylic oxidation sites excluding steroid dienone is 1. The van der Waals surface area contributed by atoms with Gasteiger partial charge in [-0.1, -0.05) is 79.3 Å². The van der Waals surface area contributed by atoms with Crippen LogP contribution in [0, 0.1) is 30.6 Å². The third kappa shape index (κ3) is 6.27. The molecule has 3 heteroatoms. The van der Waals surface area contributed by atoms with Crippen LogP contribution in [0.5, 0.6) is 0 Å². The van der Waals surface area contributed by atoms with Crippen LogP contribution >= 0.6 is 0 Å². The number of hydrogen-bond acceptors (Lipinski definition) is 1. The Bertz CT molecular complexity index is 1240. The first-order valence-electron chi connectivity index (χ1n) is 10.4. The lowest BCUT2D eigenvalue weighted by Gasteiger charge is -1.99. The minimum absolute atomic E-state index is 0.0607. The van der Waals surface area contributed by atoms with Crippen molar-refractivity contribution in [1.29, 1.82) is 0 Å². The molecule has 0 fully saturated rings. The lowest BCUT2D eigenvalue weighted by atomic mass is 10.1. The van der Waals surface area contributed by atoms with Gasteiger partial charge < -0.3 is 0 Å². The maximum Gasteiger partial charge on any atom is 0.236 e. The SMILES string of the molecule is CCCc1ccc(C#CC(F)=C(F)c2ccc(C#CC(=O)c3ccc(C)cc3)cc2)cc1. The number of carbonyl (C=O) groups excluding carboxylic acids is 1. The number of halogens is 2. The third-order valence-corrected chi connectivity index (χ3v) is 4.77. The van der Waals surface area contributed by atoms with Gasteiger partial charge in [0.2, 0.25) is 11.6 Å². The molecule has 0 aliphatic heterocycles. The number of Topliss-reactive ketones (excluding diaryl/α,β-unsaturated/α-hetero) is 1. The molecule has 0 amide bonds. The normalized spacial score (nSPS) is 10.9. The molecule has 0 aromatic heterocycles. The van der Waals surface area contributed by atoms with Crippen LogP contribution in [0.1, 0.15) is 51.5 Å². The first kappa shape index (κ1) is 22.7. The van der Waals surface area contributed by atoms with Crippen LogP contribution < -0.4 is 0 Å². The average Bonchev–Trinajstić information content (AvgIpc) is 2.82. The number of aryl methyl sites for hydroxylation is 2. The summed E-state index contributed by atoms with van der Waals surface area (Å²) in [6.45, 7) is 4.04. The first-order valence-corrected chi connectivity index (χ1v) is 10.4. The monoisotopic (exact) mass is 424 g/mol. The summed E-state index contributed by atoms with van der Waals surface area (Å²) in [6, 6.07) is 20.5. The fourth-order valence-electron chi connectivity index (χ4n) is 2.96. The predicted molar refractivity (Wildman–Crippen MR) is 125 cm³/mol. The Labute approximate surface area is 187 Å². The molecule has 1 nitrogen and oxygen atoms in total. The maximum atomic E-state index is 14.4. The summed E-state index contributed by atoms with van der Waals surface area (Å²) in [7, 11) is 0. The van der Waals surface area contributed by atoms with Gasteiger partial charge in [0.25, 0.3) is 0 Å². The second-order valence-electron chi connectivity index (χ2n) is 7.35. The highest BCUT2D eigenvalue weighted by Crippen LogP contribution is 2.21. The molecule has 3 aromatic rings. The van der Waals surface area contributed by atoms with Crippen LogP contribution in [0.2, 0.25) is 0 Å². The van der Waals surface area contributed by atoms with Crippen LogP contribution in [-0.2, 0) is 6.42 Å². The van der Waals surface area contributed by atoms with E-state index in [0.717, 1.165) is 18.4 Å². The Morgan fingerprint density at radius 2 is 1.28 bits per heavy atom. The summed E-state index contributed by atoms with van der Waals surface area (Å²) in [4.78, 5) is 12.1. The zero-order chi connectivity index (χ0) is 22.9. The number of rotatable bonds is 4. The minimum atomic E-state index is -1.13.